The predicted molar refractivity (Wildman–Crippen MR) is 88.1 cm³/mol. The Bertz CT molecular complexity index is 1070. The van der Waals surface area contributed by atoms with Crippen molar-refractivity contribution in [3.63, 3.8) is 0 Å². The number of fused-ring (bicyclic) bond motifs is 2. The van der Waals surface area contributed by atoms with Crippen molar-refractivity contribution >= 4 is 33.4 Å². The lowest BCUT2D eigenvalue weighted by Crippen LogP contribution is -2.09. The van der Waals surface area contributed by atoms with Crippen molar-refractivity contribution in [2.24, 2.45) is 0 Å². The molecular weight excluding hydrogens is 298 g/mol. The van der Waals surface area contributed by atoms with E-state index in [2.05, 4.69) is 15.0 Å². The Hall–Kier alpha value is -2.72. The fraction of sp³-hybridized carbons (Fsp3) is 0. The molecule has 2 heterocycles. The molecule has 0 fully saturated rings. The first-order valence-electron chi connectivity index (χ1n) is 6.76. The van der Waals surface area contributed by atoms with Crippen molar-refractivity contribution in [3.05, 3.63) is 70.0 Å². The molecule has 0 saturated carbocycles. The Morgan fingerprint density at radius 2 is 1.73 bits per heavy atom. The lowest BCUT2D eigenvalue weighted by molar-refractivity contribution is 1.15. The summed E-state index contributed by atoms with van der Waals surface area (Å²) < 4.78 is 0. The number of hydrogen-bond donors (Lipinski definition) is 1. The van der Waals surface area contributed by atoms with E-state index in [1.807, 2.05) is 42.5 Å². The Balaban J connectivity index is 1.96. The van der Waals surface area contributed by atoms with E-state index in [-0.39, 0.29) is 5.56 Å². The summed E-state index contributed by atoms with van der Waals surface area (Å²) in [6.07, 6.45) is 0. The van der Waals surface area contributed by atoms with Crippen LogP contribution in [0.2, 0.25) is 5.02 Å². The first-order chi connectivity index (χ1) is 10.7. The Kier molecular flexibility index (Phi) is 2.91. The third-order valence-corrected chi connectivity index (χ3v) is 3.74. The van der Waals surface area contributed by atoms with Gasteiger partial charge >= 0.3 is 0 Å². The van der Waals surface area contributed by atoms with Gasteiger partial charge in [0.05, 0.1) is 16.4 Å². The normalized spacial score (nSPS) is 11.1. The standard InChI is InChI=1S/C17H10ClN3O/c18-11-7-5-10-6-8-14(19-15(10)9-11)16-20-13-4-2-1-3-12(13)17(22)21-16/h1-9H,(H,20,21,22). The minimum Gasteiger partial charge on any atom is -0.305 e. The summed E-state index contributed by atoms with van der Waals surface area (Å²) >= 11 is 6.01. The van der Waals surface area contributed by atoms with Crippen molar-refractivity contribution < 1.29 is 0 Å². The third-order valence-electron chi connectivity index (χ3n) is 3.51. The topological polar surface area (TPSA) is 58.6 Å². The van der Waals surface area contributed by atoms with Crippen LogP contribution in [0.4, 0.5) is 0 Å². The van der Waals surface area contributed by atoms with E-state index < -0.39 is 0 Å². The molecule has 0 unspecified atom stereocenters. The molecule has 5 heteroatoms. The summed E-state index contributed by atoms with van der Waals surface area (Å²) in [5.74, 6) is 0.450. The minimum atomic E-state index is -0.173. The molecular formula is C17H10ClN3O. The molecule has 0 saturated heterocycles. The Labute approximate surface area is 130 Å². The van der Waals surface area contributed by atoms with Crippen LogP contribution < -0.4 is 5.56 Å². The van der Waals surface area contributed by atoms with Gasteiger partial charge < -0.3 is 4.98 Å². The van der Waals surface area contributed by atoms with Gasteiger partial charge in [-0.3, -0.25) is 4.79 Å². The fourth-order valence-corrected chi connectivity index (χ4v) is 2.60. The zero-order valence-electron chi connectivity index (χ0n) is 11.4. The molecule has 0 aliphatic rings. The van der Waals surface area contributed by atoms with E-state index in [0.717, 1.165) is 10.9 Å². The van der Waals surface area contributed by atoms with Gasteiger partial charge in [-0.2, -0.15) is 0 Å². The summed E-state index contributed by atoms with van der Waals surface area (Å²) in [6, 6.07) is 16.5. The van der Waals surface area contributed by atoms with Crippen LogP contribution in [0.25, 0.3) is 33.3 Å². The van der Waals surface area contributed by atoms with Crippen LogP contribution in [-0.2, 0) is 0 Å². The van der Waals surface area contributed by atoms with E-state index in [1.165, 1.54) is 0 Å². The van der Waals surface area contributed by atoms with Crippen molar-refractivity contribution in [2.75, 3.05) is 0 Å². The number of hydrogen-bond acceptors (Lipinski definition) is 3. The highest BCUT2D eigenvalue weighted by Gasteiger charge is 2.07. The maximum atomic E-state index is 12.1. The van der Waals surface area contributed by atoms with Crippen molar-refractivity contribution in [2.45, 2.75) is 0 Å². The number of H-pyrrole nitrogens is 1. The number of aromatic amines is 1. The first-order valence-corrected chi connectivity index (χ1v) is 7.14. The molecule has 0 atom stereocenters. The SMILES string of the molecule is O=c1[nH]c(-c2ccc3ccc(Cl)cc3n2)nc2ccccc12. The Morgan fingerprint density at radius 3 is 2.64 bits per heavy atom. The lowest BCUT2D eigenvalue weighted by atomic mass is 10.2. The zero-order valence-corrected chi connectivity index (χ0v) is 12.1. The van der Waals surface area contributed by atoms with Crippen LogP contribution in [0, 0.1) is 0 Å². The number of rotatable bonds is 1. The lowest BCUT2D eigenvalue weighted by Gasteiger charge is -2.04. The van der Waals surface area contributed by atoms with E-state index >= 15 is 0 Å². The quantitative estimate of drug-likeness (QED) is 0.582. The molecule has 0 amide bonds. The number of halogens is 1. The van der Waals surface area contributed by atoms with E-state index in [4.69, 9.17) is 11.6 Å². The number of nitrogens with one attached hydrogen (secondary N) is 1. The van der Waals surface area contributed by atoms with E-state index in [0.29, 0.717) is 27.4 Å². The average Bonchev–Trinajstić information content (AvgIpc) is 2.54. The van der Waals surface area contributed by atoms with Crippen LogP contribution in [0.3, 0.4) is 0 Å². The van der Waals surface area contributed by atoms with Gasteiger partial charge in [0, 0.05) is 10.4 Å². The van der Waals surface area contributed by atoms with Crippen molar-refractivity contribution in [1.29, 1.82) is 0 Å². The molecule has 106 valence electrons. The van der Waals surface area contributed by atoms with Crippen LogP contribution >= 0.6 is 11.6 Å². The highest BCUT2D eigenvalue weighted by Crippen LogP contribution is 2.21. The van der Waals surface area contributed by atoms with Gasteiger partial charge in [0.15, 0.2) is 5.82 Å². The van der Waals surface area contributed by atoms with Crippen LogP contribution in [-0.4, -0.2) is 15.0 Å². The van der Waals surface area contributed by atoms with Gasteiger partial charge in [-0.25, -0.2) is 9.97 Å². The third kappa shape index (κ3) is 2.14. The number of para-hydroxylation sites is 1. The molecule has 0 radical (unpaired) electrons. The molecule has 4 aromatic rings. The molecule has 0 aliphatic heterocycles. The van der Waals surface area contributed by atoms with Gasteiger partial charge in [-0.15, -0.1) is 0 Å². The summed E-state index contributed by atoms with van der Waals surface area (Å²) in [5, 5.41) is 2.17. The second-order valence-corrected chi connectivity index (χ2v) is 5.40. The van der Waals surface area contributed by atoms with Gasteiger partial charge in [-0.05, 0) is 30.3 Å². The average molecular weight is 308 g/mol. The van der Waals surface area contributed by atoms with Crippen molar-refractivity contribution in [3.8, 4) is 11.5 Å². The summed E-state index contributed by atoms with van der Waals surface area (Å²) in [5.41, 5.74) is 1.85. The second kappa shape index (κ2) is 4.93. The van der Waals surface area contributed by atoms with Gasteiger partial charge in [-0.1, -0.05) is 35.9 Å². The van der Waals surface area contributed by atoms with Gasteiger partial charge in [0.2, 0.25) is 0 Å². The molecule has 4 rings (SSSR count). The van der Waals surface area contributed by atoms with Gasteiger partial charge in [0.1, 0.15) is 5.69 Å². The molecule has 2 aromatic heterocycles. The smallest absolute Gasteiger partial charge is 0.259 e. The Morgan fingerprint density at radius 1 is 0.909 bits per heavy atom. The molecule has 0 bridgehead atoms. The summed E-state index contributed by atoms with van der Waals surface area (Å²) in [6.45, 7) is 0. The summed E-state index contributed by atoms with van der Waals surface area (Å²) in [7, 11) is 0. The van der Waals surface area contributed by atoms with Crippen molar-refractivity contribution in [1.82, 2.24) is 15.0 Å². The van der Waals surface area contributed by atoms with Crippen LogP contribution in [0.1, 0.15) is 0 Å². The molecule has 2 aromatic carbocycles. The van der Waals surface area contributed by atoms with Gasteiger partial charge in [0.25, 0.3) is 5.56 Å². The largest absolute Gasteiger partial charge is 0.305 e. The van der Waals surface area contributed by atoms with Crippen LogP contribution in [0.15, 0.2) is 59.4 Å². The maximum Gasteiger partial charge on any atom is 0.259 e. The monoisotopic (exact) mass is 307 g/mol. The molecule has 1 N–H and O–H groups in total. The number of nitrogens with zero attached hydrogens (tertiary/aromatic N) is 2. The van der Waals surface area contributed by atoms with E-state index in [1.54, 1.807) is 12.1 Å². The predicted octanol–water partition coefficient (Wildman–Crippen LogP) is 3.79. The second-order valence-electron chi connectivity index (χ2n) is 4.97. The number of benzene rings is 2. The molecule has 0 aliphatic carbocycles. The zero-order chi connectivity index (χ0) is 15.1. The molecule has 22 heavy (non-hydrogen) atoms. The minimum absolute atomic E-state index is 0.173. The highest BCUT2D eigenvalue weighted by atomic mass is 35.5. The molecule has 0 spiro atoms. The molecule has 4 nitrogen and oxygen atoms in total. The van der Waals surface area contributed by atoms with E-state index in [9.17, 15) is 4.79 Å². The fourth-order valence-electron chi connectivity index (χ4n) is 2.43. The number of aromatic nitrogens is 3. The summed E-state index contributed by atoms with van der Waals surface area (Å²) in [4.78, 5) is 24.0. The first kappa shape index (κ1) is 13.0. The maximum absolute atomic E-state index is 12.1. The highest BCUT2D eigenvalue weighted by molar-refractivity contribution is 6.31. The number of pyridine rings is 1. The van der Waals surface area contributed by atoms with Crippen LogP contribution in [0.5, 0.6) is 0 Å².